The van der Waals surface area contributed by atoms with Crippen LogP contribution in [0.15, 0.2) is 22.7 Å². The van der Waals surface area contributed by atoms with Gasteiger partial charge in [0, 0.05) is 11.0 Å². The molecule has 1 rings (SSSR count). The summed E-state index contributed by atoms with van der Waals surface area (Å²) in [5.74, 6) is 0. The number of rotatable bonds is 5. The Bertz CT molecular complexity index is 465. The van der Waals surface area contributed by atoms with Gasteiger partial charge in [-0.3, -0.25) is 4.72 Å². The third-order valence-corrected chi connectivity index (χ3v) is 4.02. The number of nitrogens with one attached hydrogen (secondary N) is 2. The molecule has 1 aromatic carbocycles. The largest absolute Gasteiger partial charge is 0.299 e. The Morgan fingerprint density at radius 1 is 1.44 bits per heavy atom. The average Bonchev–Trinajstić information content (AvgIpc) is 2.20. The molecular weight excluding hydrogens is 316 g/mol. The maximum absolute atomic E-state index is 11.5. The molecule has 0 radical (unpaired) electrons. The van der Waals surface area contributed by atoms with E-state index in [4.69, 9.17) is 11.6 Å². The summed E-state index contributed by atoms with van der Waals surface area (Å²) in [4.78, 5) is 0. The quantitative estimate of drug-likeness (QED) is 0.873. The maximum Gasteiger partial charge on any atom is 0.299 e. The van der Waals surface area contributed by atoms with Crippen LogP contribution in [0.2, 0.25) is 5.02 Å². The Hall–Kier alpha value is -0.300. The van der Waals surface area contributed by atoms with Crippen molar-refractivity contribution in [3.8, 4) is 0 Å². The maximum atomic E-state index is 11.5. The van der Waals surface area contributed by atoms with Gasteiger partial charge in [-0.25, -0.2) is 0 Å². The van der Waals surface area contributed by atoms with Crippen molar-refractivity contribution in [2.24, 2.45) is 0 Å². The molecule has 0 amide bonds. The second-order valence-corrected chi connectivity index (χ2v) is 5.89. The van der Waals surface area contributed by atoms with E-state index in [-0.39, 0.29) is 0 Å². The van der Waals surface area contributed by atoms with Gasteiger partial charge < -0.3 is 0 Å². The van der Waals surface area contributed by atoms with Crippen LogP contribution in [0.3, 0.4) is 0 Å². The van der Waals surface area contributed by atoms with Gasteiger partial charge in [0.2, 0.25) is 0 Å². The first-order valence-corrected chi connectivity index (χ1v) is 7.32. The number of hydrogen-bond donors (Lipinski definition) is 2. The van der Waals surface area contributed by atoms with Gasteiger partial charge in [0.1, 0.15) is 0 Å². The summed E-state index contributed by atoms with van der Waals surface area (Å²) < 4.78 is 28.4. The lowest BCUT2D eigenvalue weighted by Gasteiger charge is -2.09. The zero-order chi connectivity index (χ0) is 12.2. The smallest absolute Gasteiger partial charge is 0.271 e. The minimum absolute atomic E-state index is 0.407. The van der Waals surface area contributed by atoms with Gasteiger partial charge in [0.05, 0.1) is 10.7 Å². The Kier molecular flexibility index (Phi) is 5.04. The van der Waals surface area contributed by atoms with Crippen molar-refractivity contribution in [3.05, 3.63) is 27.7 Å². The topological polar surface area (TPSA) is 58.2 Å². The number of anilines is 1. The second kappa shape index (κ2) is 5.86. The predicted octanol–water partition coefficient (Wildman–Crippen LogP) is 2.76. The lowest BCUT2D eigenvalue weighted by molar-refractivity contribution is 0.586. The van der Waals surface area contributed by atoms with E-state index >= 15 is 0 Å². The highest BCUT2D eigenvalue weighted by Crippen LogP contribution is 2.25. The standard InChI is InChI=1S/C9H12BrClN2O2S/c1-2-5-12-16(14,15)13-7-3-4-9(11)8(10)6-7/h3-4,6,12-13H,2,5H2,1H3. The lowest BCUT2D eigenvalue weighted by Crippen LogP contribution is -2.30. The molecule has 1 aromatic rings. The molecule has 0 unspecified atom stereocenters. The number of halogens is 2. The Morgan fingerprint density at radius 3 is 2.69 bits per heavy atom. The molecule has 0 atom stereocenters. The van der Waals surface area contributed by atoms with Crippen molar-refractivity contribution in [3.63, 3.8) is 0 Å². The fraction of sp³-hybridized carbons (Fsp3) is 0.333. The van der Waals surface area contributed by atoms with E-state index in [1.54, 1.807) is 18.2 Å². The molecule has 0 saturated carbocycles. The van der Waals surface area contributed by atoms with Gasteiger partial charge in [-0.05, 0) is 40.5 Å². The highest BCUT2D eigenvalue weighted by atomic mass is 79.9. The van der Waals surface area contributed by atoms with Crippen LogP contribution in [-0.4, -0.2) is 15.0 Å². The molecule has 0 heterocycles. The summed E-state index contributed by atoms with van der Waals surface area (Å²) in [5.41, 5.74) is 0.458. The molecule has 0 fully saturated rings. The normalized spacial score (nSPS) is 11.4. The monoisotopic (exact) mass is 326 g/mol. The highest BCUT2D eigenvalue weighted by molar-refractivity contribution is 9.10. The van der Waals surface area contributed by atoms with E-state index in [9.17, 15) is 8.42 Å². The molecule has 0 bridgehead atoms. The van der Waals surface area contributed by atoms with Crippen molar-refractivity contribution in [2.45, 2.75) is 13.3 Å². The molecule has 4 nitrogen and oxygen atoms in total. The van der Waals surface area contributed by atoms with E-state index < -0.39 is 10.2 Å². The predicted molar refractivity (Wildman–Crippen MR) is 70.0 cm³/mol. The number of hydrogen-bond acceptors (Lipinski definition) is 2. The fourth-order valence-electron chi connectivity index (χ4n) is 0.987. The zero-order valence-electron chi connectivity index (χ0n) is 8.63. The van der Waals surface area contributed by atoms with Crippen molar-refractivity contribution in [1.82, 2.24) is 4.72 Å². The Balaban J connectivity index is 2.76. The highest BCUT2D eigenvalue weighted by Gasteiger charge is 2.09. The minimum Gasteiger partial charge on any atom is -0.271 e. The Labute approximate surface area is 109 Å². The first-order chi connectivity index (χ1) is 7.44. The van der Waals surface area contributed by atoms with Gasteiger partial charge in [-0.15, -0.1) is 0 Å². The third-order valence-electron chi connectivity index (χ3n) is 1.71. The average molecular weight is 328 g/mol. The molecule has 2 N–H and O–H groups in total. The van der Waals surface area contributed by atoms with E-state index in [2.05, 4.69) is 25.4 Å². The molecule has 16 heavy (non-hydrogen) atoms. The van der Waals surface area contributed by atoms with Crippen LogP contribution < -0.4 is 9.44 Å². The van der Waals surface area contributed by atoms with Crippen molar-refractivity contribution >= 4 is 43.4 Å². The van der Waals surface area contributed by atoms with E-state index in [0.717, 1.165) is 6.42 Å². The molecule has 0 spiro atoms. The van der Waals surface area contributed by atoms with Crippen LogP contribution in [0.5, 0.6) is 0 Å². The summed E-state index contributed by atoms with van der Waals surface area (Å²) in [6.45, 7) is 2.30. The molecular formula is C9H12BrClN2O2S. The minimum atomic E-state index is -3.49. The first kappa shape index (κ1) is 13.8. The van der Waals surface area contributed by atoms with Crippen LogP contribution in [0, 0.1) is 0 Å². The second-order valence-electron chi connectivity index (χ2n) is 3.13. The van der Waals surface area contributed by atoms with Crippen LogP contribution in [-0.2, 0) is 10.2 Å². The summed E-state index contributed by atoms with van der Waals surface area (Å²) in [7, 11) is -3.49. The van der Waals surface area contributed by atoms with Crippen molar-refractivity contribution in [1.29, 1.82) is 0 Å². The summed E-state index contributed by atoms with van der Waals surface area (Å²) in [5, 5.41) is 0.532. The zero-order valence-corrected chi connectivity index (χ0v) is 11.8. The fourth-order valence-corrected chi connectivity index (χ4v) is 2.47. The molecule has 0 aliphatic heterocycles. The van der Waals surface area contributed by atoms with Gasteiger partial charge in [0.25, 0.3) is 10.2 Å². The lowest BCUT2D eigenvalue weighted by atomic mass is 10.3. The Morgan fingerprint density at radius 2 is 2.12 bits per heavy atom. The molecule has 0 aliphatic rings. The summed E-state index contributed by atoms with van der Waals surface area (Å²) in [6, 6.07) is 4.81. The van der Waals surface area contributed by atoms with Gasteiger partial charge in [-0.2, -0.15) is 13.1 Å². The van der Waals surface area contributed by atoms with Crippen LogP contribution in [0.25, 0.3) is 0 Å². The van der Waals surface area contributed by atoms with Crippen LogP contribution in [0.4, 0.5) is 5.69 Å². The molecule has 0 aromatic heterocycles. The first-order valence-electron chi connectivity index (χ1n) is 4.67. The molecule has 0 saturated heterocycles. The molecule has 7 heteroatoms. The van der Waals surface area contributed by atoms with Gasteiger partial charge in [0.15, 0.2) is 0 Å². The van der Waals surface area contributed by atoms with Crippen molar-refractivity contribution < 1.29 is 8.42 Å². The SMILES string of the molecule is CCCNS(=O)(=O)Nc1ccc(Cl)c(Br)c1. The van der Waals surface area contributed by atoms with Gasteiger partial charge in [-0.1, -0.05) is 18.5 Å². The van der Waals surface area contributed by atoms with E-state index in [0.29, 0.717) is 21.7 Å². The molecule has 0 aliphatic carbocycles. The van der Waals surface area contributed by atoms with Crippen LogP contribution in [0.1, 0.15) is 13.3 Å². The van der Waals surface area contributed by atoms with E-state index in [1.807, 2.05) is 6.92 Å². The molecule has 90 valence electrons. The van der Waals surface area contributed by atoms with Crippen LogP contribution >= 0.6 is 27.5 Å². The van der Waals surface area contributed by atoms with Crippen molar-refractivity contribution in [2.75, 3.05) is 11.3 Å². The summed E-state index contributed by atoms with van der Waals surface area (Å²) in [6.07, 6.45) is 0.741. The van der Waals surface area contributed by atoms with Gasteiger partial charge >= 0.3 is 0 Å². The third kappa shape index (κ3) is 4.29. The summed E-state index contributed by atoms with van der Waals surface area (Å²) >= 11 is 9.01. The van der Waals surface area contributed by atoms with E-state index in [1.165, 1.54) is 0 Å². The number of benzene rings is 1.